The zero-order valence-electron chi connectivity index (χ0n) is 9.48. The molecule has 17 heavy (non-hydrogen) atoms. The normalized spacial score (nSPS) is 10.0. The van der Waals surface area contributed by atoms with Gasteiger partial charge in [0.1, 0.15) is 5.75 Å². The lowest BCUT2D eigenvalue weighted by molar-refractivity contribution is 0.415. The van der Waals surface area contributed by atoms with Gasteiger partial charge in [-0.25, -0.2) is 0 Å². The van der Waals surface area contributed by atoms with Gasteiger partial charge in [0.05, 0.1) is 30.1 Å². The molecule has 1 aromatic heterocycles. The van der Waals surface area contributed by atoms with Crippen molar-refractivity contribution in [2.24, 2.45) is 0 Å². The lowest BCUT2D eigenvalue weighted by Crippen LogP contribution is -2.01. The van der Waals surface area contributed by atoms with E-state index >= 15 is 0 Å². The van der Waals surface area contributed by atoms with Gasteiger partial charge < -0.3 is 10.1 Å². The molecule has 0 aliphatic rings. The molecule has 0 spiro atoms. The zero-order valence-corrected chi connectivity index (χ0v) is 10.2. The van der Waals surface area contributed by atoms with Crippen LogP contribution in [0.2, 0.25) is 5.02 Å². The molecule has 0 fully saturated rings. The Hall–Kier alpha value is -1.74. The van der Waals surface area contributed by atoms with Crippen LogP contribution >= 0.6 is 11.6 Å². The standard InChI is InChI=1S/C13H13ClN2O/c1-17-11-5-6-12(14)13(8-11)16-9-10-4-2-3-7-15-10/h2-8,16H,9H2,1H3. The van der Waals surface area contributed by atoms with Crippen molar-refractivity contribution in [2.45, 2.75) is 6.54 Å². The molecular formula is C13H13ClN2O. The summed E-state index contributed by atoms with van der Waals surface area (Å²) in [5, 5.41) is 3.90. The van der Waals surface area contributed by atoms with Crippen LogP contribution in [0, 0.1) is 0 Å². The quantitative estimate of drug-likeness (QED) is 0.901. The van der Waals surface area contributed by atoms with Crippen LogP contribution in [0.4, 0.5) is 5.69 Å². The van der Waals surface area contributed by atoms with Crippen molar-refractivity contribution in [3.63, 3.8) is 0 Å². The molecule has 2 rings (SSSR count). The number of pyridine rings is 1. The lowest BCUT2D eigenvalue weighted by Gasteiger charge is -2.09. The molecular weight excluding hydrogens is 236 g/mol. The summed E-state index contributed by atoms with van der Waals surface area (Å²) >= 11 is 6.08. The minimum Gasteiger partial charge on any atom is -0.497 e. The Morgan fingerprint density at radius 3 is 2.88 bits per heavy atom. The van der Waals surface area contributed by atoms with Crippen molar-refractivity contribution in [1.82, 2.24) is 4.98 Å². The first-order valence-corrected chi connectivity index (χ1v) is 5.64. The average Bonchev–Trinajstić information content (AvgIpc) is 2.39. The maximum Gasteiger partial charge on any atom is 0.121 e. The monoisotopic (exact) mass is 248 g/mol. The number of halogens is 1. The predicted molar refractivity (Wildman–Crippen MR) is 69.6 cm³/mol. The van der Waals surface area contributed by atoms with Gasteiger partial charge in [-0.2, -0.15) is 0 Å². The van der Waals surface area contributed by atoms with E-state index in [1.807, 2.05) is 30.3 Å². The van der Waals surface area contributed by atoms with Gasteiger partial charge in [-0.15, -0.1) is 0 Å². The third-order valence-electron chi connectivity index (χ3n) is 2.36. The Balaban J connectivity index is 2.08. The summed E-state index contributed by atoms with van der Waals surface area (Å²) in [6, 6.07) is 11.3. The molecule has 1 aromatic carbocycles. The second kappa shape index (κ2) is 5.55. The molecule has 0 atom stereocenters. The number of methoxy groups -OCH3 is 1. The molecule has 3 nitrogen and oxygen atoms in total. The Bertz CT molecular complexity index is 488. The van der Waals surface area contributed by atoms with Crippen molar-refractivity contribution in [1.29, 1.82) is 0 Å². The fourth-order valence-electron chi connectivity index (χ4n) is 1.46. The molecule has 1 heterocycles. The van der Waals surface area contributed by atoms with E-state index in [-0.39, 0.29) is 0 Å². The molecule has 1 N–H and O–H groups in total. The van der Waals surface area contributed by atoms with Crippen molar-refractivity contribution < 1.29 is 4.74 Å². The third kappa shape index (κ3) is 3.11. The van der Waals surface area contributed by atoms with Crippen molar-refractivity contribution in [2.75, 3.05) is 12.4 Å². The molecule has 0 radical (unpaired) electrons. The summed E-state index contributed by atoms with van der Waals surface area (Å²) in [6.07, 6.45) is 1.77. The van der Waals surface area contributed by atoms with Crippen LogP contribution in [0.1, 0.15) is 5.69 Å². The van der Waals surface area contributed by atoms with Crippen LogP contribution < -0.4 is 10.1 Å². The van der Waals surface area contributed by atoms with Crippen LogP contribution in [0.3, 0.4) is 0 Å². The number of aromatic nitrogens is 1. The van der Waals surface area contributed by atoms with Gasteiger partial charge >= 0.3 is 0 Å². The van der Waals surface area contributed by atoms with Gasteiger partial charge in [0.25, 0.3) is 0 Å². The minimum atomic E-state index is 0.633. The number of hydrogen-bond donors (Lipinski definition) is 1. The second-order valence-electron chi connectivity index (χ2n) is 3.52. The molecule has 0 unspecified atom stereocenters. The molecule has 4 heteroatoms. The predicted octanol–water partition coefficient (Wildman–Crippen LogP) is 3.36. The van der Waals surface area contributed by atoms with Crippen molar-refractivity contribution >= 4 is 17.3 Å². The van der Waals surface area contributed by atoms with Crippen molar-refractivity contribution in [3.8, 4) is 5.75 Å². The molecule has 0 amide bonds. The number of ether oxygens (including phenoxy) is 1. The van der Waals surface area contributed by atoms with E-state index in [2.05, 4.69) is 10.3 Å². The van der Waals surface area contributed by atoms with Gasteiger partial charge in [-0.3, -0.25) is 4.98 Å². The van der Waals surface area contributed by atoms with E-state index in [1.54, 1.807) is 19.4 Å². The van der Waals surface area contributed by atoms with Gasteiger partial charge in [0.2, 0.25) is 0 Å². The van der Waals surface area contributed by atoms with Gasteiger partial charge in [0.15, 0.2) is 0 Å². The number of rotatable bonds is 4. The third-order valence-corrected chi connectivity index (χ3v) is 2.69. The van der Waals surface area contributed by atoms with E-state index < -0.39 is 0 Å². The number of hydrogen-bond acceptors (Lipinski definition) is 3. The number of benzene rings is 1. The van der Waals surface area contributed by atoms with E-state index in [1.165, 1.54) is 0 Å². The Morgan fingerprint density at radius 2 is 2.18 bits per heavy atom. The smallest absolute Gasteiger partial charge is 0.121 e. The summed E-state index contributed by atoms with van der Waals surface area (Å²) in [6.45, 7) is 0.633. The molecule has 0 bridgehead atoms. The second-order valence-corrected chi connectivity index (χ2v) is 3.93. The summed E-state index contributed by atoms with van der Waals surface area (Å²) in [5.74, 6) is 0.776. The van der Waals surface area contributed by atoms with Gasteiger partial charge in [0, 0.05) is 12.3 Å². The molecule has 0 saturated carbocycles. The molecule has 0 saturated heterocycles. The largest absolute Gasteiger partial charge is 0.497 e. The minimum absolute atomic E-state index is 0.633. The fraction of sp³-hybridized carbons (Fsp3) is 0.154. The lowest BCUT2D eigenvalue weighted by atomic mass is 10.3. The highest BCUT2D eigenvalue weighted by molar-refractivity contribution is 6.33. The SMILES string of the molecule is COc1ccc(Cl)c(NCc2ccccn2)c1. The van der Waals surface area contributed by atoms with Crippen molar-refractivity contribution in [3.05, 3.63) is 53.3 Å². The van der Waals surface area contributed by atoms with Crippen LogP contribution in [-0.4, -0.2) is 12.1 Å². The average molecular weight is 249 g/mol. The van der Waals surface area contributed by atoms with Gasteiger partial charge in [-0.1, -0.05) is 17.7 Å². The van der Waals surface area contributed by atoms with E-state index in [0.717, 1.165) is 17.1 Å². The maximum atomic E-state index is 6.08. The van der Waals surface area contributed by atoms with E-state index in [0.29, 0.717) is 11.6 Å². The van der Waals surface area contributed by atoms with Crippen LogP contribution in [0.15, 0.2) is 42.6 Å². The first-order valence-electron chi connectivity index (χ1n) is 5.27. The summed E-state index contributed by atoms with van der Waals surface area (Å²) in [4.78, 5) is 4.23. The Kier molecular flexibility index (Phi) is 3.83. The Morgan fingerprint density at radius 1 is 1.29 bits per heavy atom. The van der Waals surface area contributed by atoms with Gasteiger partial charge in [-0.05, 0) is 24.3 Å². The first kappa shape index (κ1) is 11.7. The molecule has 2 aromatic rings. The first-order chi connectivity index (χ1) is 8.29. The van der Waals surface area contributed by atoms with Crippen LogP contribution in [0.5, 0.6) is 5.75 Å². The summed E-state index contributed by atoms with van der Waals surface area (Å²) in [7, 11) is 1.63. The summed E-state index contributed by atoms with van der Waals surface area (Å²) in [5.41, 5.74) is 1.81. The molecule has 0 aliphatic heterocycles. The summed E-state index contributed by atoms with van der Waals surface area (Å²) < 4.78 is 5.15. The number of nitrogens with zero attached hydrogens (tertiary/aromatic N) is 1. The zero-order chi connectivity index (χ0) is 12.1. The topological polar surface area (TPSA) is 34.1 Å². The van der Waals surface area contributed by atoms with Crippen LogP contribution in [-0.2, 0) is 6.54 Å². The van der Waals surface area contributed by atoms with Crippen LogP contribution in [0.25, 0.3) is 0 Å². The fourth-order valence-corrected chi connectivity index (χ4v) is 1.64. The highest BCUT2D eigenvalue weighted by Gasteiger charge is 2.02. The molecule has 0 aliphatic carbocycles. The maximum absolute atomic E-state index is 6.08. The number of nitrogens with one attached hydrogen (secondary N) is 1. The van der Waals surface area contributed by atoms with E-state index in [4.69, 9.17) is 16.3 Å². The van der Waals surface area contributed by atoms with E-state index in [9.17, 15) is 0 Å². The highest BCUT2D eigenvalue weighted by Crippen LogP contribution is 2.26. The highest BCUT2D eigenvalue weighted by atomic mass is 35.5. The Labute approximate surface area is 105 Å². The number of anilines is 1. The molecule has 88 valence electrons.